The zero-order chi connectivity index (χ0) is 58.5. The number of rotatable bonds is 67. The summed E-state index contributed by atoms with van der Waals surface area (Å²) in [5, 5.41) is 0. The zero-order valence-electron chi connectivity index (χ0n) is 54.6. The second-order valence-electron chi connectivity index (χ2n) is 24.5. The molecule has 0 aliphatic carbocycles. The van der Waals surface area contributed by atoms with Crippen molar-refractivity contribution >= 4 is 17.9 Å². The molecule has 1 unspecified atom stereocenters. The molecule has 0 spiro atoms. The van der Waals surface area contributed by atoms with E-state index in [0.717, 1.165) is 83.5 Å². The molecule has 0 fully saturated rings. The summed E-state index contributed by atoms with van der Waals surface area (Å²) in [6.45, 7) is 6.61. The molecule has 0 saturated carbocycles. The van der Waals surface area contributed by atoms with Gasteiger partial charge in [0, 0.05) is 19.3 Å². The summed E-state index contributed by atoms with van der Waals surface area (Å²) < 4.78 is 17.0. The second-order valence-corrected chi connectivity index (χ2v) is 24.5. The molecule has 1 atom stereocenters. The number of hydrogen-bond acceptors (Lipinski definition) is 6. The lowest BCUT2D eigenvalue weighted by Crippen LogP contribution is -2.30. The lowest BCUT2D eigenvalue weighted by Gasteiger charge is -2.18. The van der Waals surface area contributed by atoms with E-state index in [-0.39, 0.29) is 31.1 Å². The SMILES string of the molecule is CC/C=C\C/C=C\C/C=C\C/C=C\CCCCCCCCCCCCCCCCC(=O)OCC(COC(=O)CCCCCCCCCCCCCCCC)OC(=O)CCCCCCCCCCCCCCCCCCCCCCCC. The molecular formula is C75H138O6. The molecule has 0 radical (unpaired) electrons. The first-order valence-corrected chi connectivity index (χ1v) is 36.1. The Balaban J connectivity index is 4.23. The van der Waals surface area contributed by atoms with E-state index >= 15 is 0 Å². The molecule has 0 N–H and O–H groups in total. The van der Waals surface area contributed by atoms with E-state index in [1.807, 2.05) is 0 Å². The number of esters is 3. The van der Waals surface area contributed by atoms with Crippen molar-refractivity contribution in [1.82, 2.24) is 0 Å². The first kappa shape index (κ1) is 78.4. The lowest BCUT2D eigenvalue weighted by atomic mass is 10.0. The Morgan fingerprint density at radius 2 is 0.481 bits per heavy atom. The van der Waals surface area contributed by atoms with E-state index in [9.17, 15) is 14.4 Å². The number of ether oxygens (including phenoxy) is 3. The molecule has 0 aromatic rings. The highest BCUT2D eigenvalue weighted by Gasteiger charge is 2.19. The predicted octanol–water partition coefficient (Wildman–Crippen LogP) is 24.9. The fourth-order valence-electron chi connectivity index (χ4n) is 11.0. The molecule has 0 rings (SSSR count). The fraction of sp³-hybridized carbons (Fsp3) is 0.853. The van der Waals surface area contributed by atoms with Gasteiger partial charge in [0.15, 0.2) is 6.10 Å². The van der Waals surface area contributed by atoms with Gasteiger partial charge in [0.2, 0.25) is 0 Å². The summed E-state index contributed by atoms with van der Waals surface area (Å²) in [5.74, 6) is -0.835. The Hall–Kier alpha value is -2.63. The maximum atomic E-state index is 13.0. The highest BCUT2D eigenvalue weighted by molar-refractivity contribution is 5.71. The van der Waals surface area contributed by atoms with Crippen molar-refractivity contribution < 1.29 is 28.6 Å². The number of hydrogen-bond donors (Lipinski definition) is 0. The molecule has 0 aromatic heterocycles. The van der Waals surface area contributed by atoms with Gasteiger partial charge in [0.1, 0.15) is 13.2 Å². The van der Waals surface area contributed by atoms with E-state index in [2.05, 4.69) is 69.4 Å². The molecule has 0 aliphatic heterocycles. The smallest absolute Gasteiger partial charge is 0.306 e. The van der Waals surface area contributed by atoms with Gasteiger partial charge in [-0.25, -0.2) is 0 Å². The van der Waals surface area contributed by atoms with Gasteiger partial charge >= 0.3 is 17.9 Å². The number of allylic oxidation sites excluding steroid dienone is 8. The van der Waals surface area contributed by atoms with Crippen molar-refractivity contribution in [1.29, 1.82) is 0 Å². The quantitative estimate of drug-likeness (QED) is 0.0261. The van der Waals surface area contributed by atoms with Crippen LogP contribution in [0, 0.1) is 0 Å². The van der Waals surface area contributed by atoms with Crippen molar-refractivity contribution in [2.75, 3.05) is 13.2 Å². The van der Waals surface area contributed by atoms with Crippen molar-refractivity contribution in [3.05, 3.63) is 48.6 Å². The first-order chi connectivity index (χ1) is 40.0. The minimum atomic E-state index is -0.770. The van der Waals surface area contributed by atoms with Crippen LogP contribution in [0.1, 0.15) is 393 Å². The summed E-state index contributed by atoms with van der Waals surface area (Å²) in [5.41, 5.74) is 0. The maximum Gasteiger partial charge on any atom is 0.306 e. The van der Waals surface area contributed by atoms with E-state index in [4.69, 9.17) is 14.2 Å². The average Bonchev–Trinajstić information content (AvgIpc) is 3.47. The van der Waals surface area contributed by atoms with Gasteiger partial charge in [-0.15, -0.1) is 0 Å². The molecule has 6 heteroatoms. The number of unbranched alkanes of at least 4 members (excludes halogenated alkanes) is 48. The van der Waals surface area contributed by atoms with Crippen molar-refractivity contribution in [3.8, 4) is 0 Å². The molecule has 0 saturated heterocycles. The van der Waals surface area contributed by atoms with Crippen molar-refractivity contribution in [2.45, 2.75) is 399 Å². The molecule has 0 heterocycles. The Bertz CT molecular complexity index is 1400. The molecule has 6 nitrogen and oxygen atoms in total. The monoisotopic (exact) mass is 1140 g/mol. The molecule has 81 heavy (non-hydrogen) atoms. The van der Waals surface area contributed by atoms with Crippen molar-refractivity contribution in [3.63, 3.8) is 0 Å². The highest BCUT2D eigenvalue weighted by atomic mass is 16.6. The number of carbonyl (C=O) groups excluding carboxylic acids is 3. The Labute approximate surface area is 505 Å². The number of carbonyl (C=O) groups is 3. The largest absolute Gasteiger partial charge is 0.462 e. The van der Waals surface area contributed by atoms with Crippen LogP contribution in [0.25, 0.3) is 0 Å². The summed E-state index contributed by atoms with van der Waals surface area (Å²) in [6.07, 6.45) is 88.6. The van der Waals surface area contributed by atoms with Crippen molar-refractivity contribution in [2.24, 2.45) is 0 Å². The van der Waals surface area contributed by atoms with Crippen LogP contribution in [-0.2, 0) is 28.6 Å². The van der Waals surface area contributed by atoms with Crippen LogP contribution in [0.5, 0.6) is 0 Å². The normalized spacial score (nSPS) is 12.3. The highest BCUT2D eigenvalue weighted by Crippen LogP contribution is 2.19. The third-order valence-corrected chi connectivity index (χ3v) is 16.3. The summed E-state index contributed by atoms with van der Waals surface area (Å²) >= 11 is 0. The van der Waals surface area contributed by atoms with Crippen LogP contribution < -0.4 is 0 Å². The molecular weight excluding hydrogens is 997 g/mol. The van der Waals surface area contributed by atoms with Crippen LogP contribution >= 0.6 is 0 Å². The summed E-state index contributed by atoms with van der Waals surface area (Å²) in [6, 6.07) is 0. The lowest BCUT2D eigenvalue weighted by molar-refractivity contribution is -0.167. The topological polar surface area (TPSA) is 78.9 Å². The Kier molecular flexibility index (Phi) is 67.6. The summed E-state index contributed by atoms with van der Waals surface area (Å²) in [4.78, 5) is 38.5. The Morgan fingerprint density at radius 1 is 0.259 bits per heavy atom. The average molecular weight is 1140 g/mol. The molecule has 0 bridgehead atoms. The van der Waals surface area contributed by atoms with Gasteiger partial charge < -0.3 is 14.2 Å². The zero-order valence-corrected chi connectivity index (χ0v) is 54.6. The third-order valence-electron chi connectivity index (χ3n) is 16.3. The van der Waals surface area contributed by atoms with E-state index in [1.54, 1.807) is 0 Å². The van der Waals surface area contributed by atoms with Crippen LogP contribution in [0.4, 0.5) is 0 Å². The third kappa shape index (κ3) is 68.0. The van der Waals surface area contributed by atoms with Crippen LogP contribution in [0.3, 0.4) is 0 Å². The standard InChI is InChI=1S/C75H138O6/c1-4-7-10-13-16-19-22-25-28-30-32-34-36-37-38-39-40-42-43-45-47-50-53-56-59-62-65-68-74(77)80-71-72(70-79-73(76)67-64-61-58-55-52-49-27-24-21-18-15-12-9-6-3)81-75(78)69-66-63-60-57-54-51-48-46-44-41-35-33-31-29-26-23-20-17-14-11-8-5-2/h7,10,16,19,25,28,32,34,72H,4-6,8-9,11-15,17-18,20-24,26-27,29-31,33,35-71H2,1-3H3/b10-7-,19-16-,28-25-,34-32-. The van der Waals surface area contributed by atoms with E-state index < -0.39 is 6.10 Å². The molecule has 0 aliphatic rings. The molecule has 0 aromatic carbocycles. The fourth-order valence-corrected chi connectivity index (χ4v) is 11.0. The molecule has 0 amide bonds. The van der Waals surface area contributed by atoms with E-state index in [1.165, 1.54) is 270 Å². The first-order valence-electron chi connectivity index (χ1n) is 36.1. The van der Waals surface area contributed by atoms with Gasteiger partial charge in [-0.1, -0.05) is 365 Å². The minimum absolute atomic E-state index is 0.0659. The Morgan fingerprint density at radius 3 is 0.753 bits per heavy atom. The predicted molar refractivity (Wildman–Crippen MR) is 353 cm³/mol. The van der Waals surface area contributed by atoms with Gasteiger partial charge in [-0.05, 0) is 57.8 Å². The maximum absolute atomic E-state index is 13.0. The minimum Gasteiger partial charge on any atom is -0.462 e. The van der Waals surface area contributed by atoms with E-state index in [0.29, 0.717) is 19.3 Å². The van der Waals surface area contributed by atoms with Crippen LogP contribution in [-0.4, -0.2) is 37.2 Å². The van der Waals surface area contributed by atoms with Crippen LogP contribution in [0.2, 0.25) is 0 Å². The van der Waals surface area contributed by atoms with Gasteiger partial charge in [0.05, 0.1) is 0 Å². The summed E-state index contributed by atoms with van der Waals surface area (Å²) in [7, 11) is 0. The van der Waals surface area contributed by atoms with Gasteiger partial charge in [-0.2, -0.15) is 0 Å². The second kappa shape index (κ2) is 69.9. The van der Waals surface area contributed by atoms with Gasteiger partial charge in [0.25, 0.3) is 0 Å². The molecule has 474 valence electrons. The van der Waals surface area contributed by atoms with Crippen LogP contribution in [0.15, 0.2) is 48.6 Å². The van der Waals surface area contributed by atoms with Gasteiger partial charge in [-0.3, -0.25) is 14.4 Å².